The third kappa shape index (κ3) is 3.37. The molecule has 7 nitrogen and oxygen atoms in total. The SMILES string of the molecule is CCN1CCN(C(=O)NCC(O)(c2cccs2)c2cccs2)C(=O)C1=O. The van der Waals surface area contributed by atoms with E-state index in [0.29, 0.717) is 22.8 Å². The van der Waals surface area contributed by atoms with Gasteiger partial charge in [-0.3, -0.25) is 14.5 Å². The van der Waals surface area contributed by atoms with Crippen LogP contribution in [0.5, 0.6) is 0 Å². The molecular weight excluding hydrogens is 374 g/mol. The van der Waals surface area contributed by atoms with Gasteiger partial charge in [0.05, 0.1) is 6.54 Å². The molecule has 0 saturated carbocycles. The van der Waals surface area contributed by atoms with Crippen molar-refractivity contribution >= 4 is 40.5 Å². The first kappa shape index (κ1) is 18.6. The maximum Gasteiger partial charge on any atom is 0.324 e. The van der Waals surface area contributed by atoms with Crippen LogP contribution in [0.3, 0.4) is 0 Å². The van der Waals surface area contributed by atoms with Crippen LogP contribution in [0.2, 0.25) is 0 Å². The van der Waals surface area contributed by atoms with E-state index in [1.807, 2.05) is 22.9 Å². The fraction of sp³-hybridized carbons (Fsp3) is 0.353. The average molecular weight is 393 g/mol. The molecule has 1 aliphatic rings. The Labute approximate surface area is 158 Å². The number of likely N-dealkylation sites (N-methyl/N-ethyl adjacent to an activating group) is 1. The quantitative estimate of drug-likeness (QED) is 0.753. The molecule has 1 aliphatic heterocycles. The molecule has 2 aromatic heterocycles. The summed E-state index contributed by atoms with van der Waals surface area (Å²) in [4.78, 5) is 40.2. The van der Waals surface area contributed by atoms with E-state index in [1.54, 1.807) is 19.1 Å². The van der Waals surface area contributed by atoms with Gasteiger partial charge in [0.2, 0.25) is 0 Å². The molecule has 0 bridgehead atoms. The van der Waals surface area contributed by atoms with Crippen LogP contribution in [-0.2, 0) is 15.2 Å². The Balaban J connectivity index is 1.73. The highest BCUT2D eigenvalue weighted by Crippen LogP contribution is 2.35. The lowest BCUT2D eigenvalue weighted by Gasteiger charge is -2.33. The smallest absolute Gasteiger partial charge is 0.324 e. The number of carbonyl (C=O) groups is 3. The molecule has 4 amide bonds. The summed E-state index contributed by atoms with van der Waals surface area (Å²) in [5.74, 6) is -1.52. The van der Waals surface area contributed by atoms with E-state index in [-0.39, 0.29) is 13.1 Å². The fourth-order valence-electron chi connectivity index (χ4n) is 2.79. The van der Waals surface area contributed by atoms with Crippen LogP contribution in [0.25, 0.3) is 0 Å². The Hall–Kier alpha value is -2.23. The minimum Gasteiger partial charge on any atom is -0.377 e. The summed E-state index contributed by atoms with van der Waals surface area (Å²) in [6, 6.07) is 6.57. The molecule has 0 spiro atoms. The number of carbonyl (C=O) groups excluding carboxylic acids is 3. The molecule has 0 aliphatic carbocycles. The second-order valence-electron chi connectivity index (χ2n) is 5.82. The number of imide groups is 1. The van der Waals surface area contributed by atoms with E-state index < -0.39 is 23.4 Å². The average Bonchev–Trinajstić information content (AvgIpc) is 3.35. The van der Waals surface area contributed by atoms with Crippen LogP contribution >= 0.6 is 22.7 Å². The van der Waals surface area contributed by atoms with E-state index >= 15 is 0 Å². The first-order chi connectivity index (χ1) is 12.5. The van der Waals surface area contributed by atoms with Gasteiger partial charge in [-0.1, -0.05) is 12.1 Å². The molecule has 0 aromatic carbocycles. The van der Waals surface area contributed by atoms with Crippen LogP contribution in [0.4, 0.5) is 4.79 Å². The second-order valence-corrected chi connectivity index (χ2v) is 7.71. The molecule has 138 valence electrons. The molecule has 0 radical (unpaired) electrons. The summed E-state index contributed by atoms with van der Waals surface area (Å²) >= 11 is 2.77. The van der Waals surface area contributed by atoms with Gasteiger partial charge >= 0.3 is 17.8 Å². The van der Waals surface area contributed by atoms with Crippen molar-refractivity contribution in [2.45, 2.75) is 12.5 Å². The zero-order valence-corrected chi connectivity index (χ0v) is 15.8. The Morgan fingerprint density at radius 3 is 2.27 bits per heavy atom. The van der Waals surface area contributed by atoms with Gasteiger partial charge in [0.1, 0.15) is 0 Å². The van der Waals surface area contributed by atoms with Gasteiger partial charge in [-0.15, -0.1) is 22.7 Å². The number of amides is 4. The highest BCUT2D eigenvalue weighted by atomic mass is 32.1. The second kappa shape index (κ2) is 7.56. The number of piperazine rings is 1. The van der Waals surface area contributed by atoms with Crippen LogP contribution in [0, 0.1) is 0 Å². The van der Waals surface area contributed by atoms with Crippen molar-refractivity contribution in [3.05, 3.63) is 44.8 Å². The largest absolute Gasteiger partial charge is 0.377 e. The van der Waals surface area contributed by atoms with Gasteiger partial charge in [0.15, 0.2) is 5.60 Å². The molecule has 1 saturated heterocycles. The van der Waals surface area contributed by atoms with Crippen LogP contribution in [-0.4, -0.2) is 58.9 Å². The number of urea groups is 1. The lowest BCUT2D eigenvalue weighted by Crippen LogP contribution is -2.59. The van der Waals surface area contributed by atoms with Crippen molar-refractivity contribution < 1.29 is 19.5 Å². The molecule has 0 unspecified atom stereocenters. The van der Waals surface area contributed by atoms with E-state index in [9.17, 15) is 19.5 Å². The van der Waals surface area contributed by atoms with Crippen LogP contribution < -0.4 is 5.32 Å². The maximum absolute atomic E-state index is 12.5. The number of hydrogen-bond donors (Lipinski definition) is 2. The van der Waals surface area contributed by atoms with Gasteiger partial charge in [-0.2, -0.15) is 0 Å². The van der Waals surface area contributed by atoms with Gasteiger partial charge in [-0.25, -0.2) is 4.79 Å². The topological polar surface area (TPSA) is 89.9 Å². The number of aliphatic hydroxyl groups is 1. The third-order valence-electron chi connectivity index (χ3n) is 4.29. The fourth-order valence-corrected chi connectivity index (χ4v) is 4.53. The maximum atomic E-state index is 12.5. The van der Waals surface area contributed by atoms with Crippen molar-refractivity contribution in [3.63, 3.8) is 0 Å². The number of hydrogen-bond acceptors (Lipinski definition) is 6. The third-order valence-corrected chi connectivity index (χ3v) is 6.33. The van der Waals surface area contributed by atoms with Gasteiger partial charge in [0, 0.05) is 29.4 Å². The molecular formula is C17H19N3O4S2. The summed E-state index contributed by atoms with van der Waals surface area (Å²) in [5, 5.41) is 17.5. The first-order valence-electron chi connectivity index (χ1n) is 8.16. The lowest BCUT2D eigenvalue weighted by molar-refractivity contribution is -0.153. The van der Waals surface area contributed by atoms with E-state index in [2.05, 4.69) is 5.32 Å². The normalized spacial score (nSPS) is 15.5. The summed E-state index contributed by atoms with van der Waals surface area (Å²) in [5.41, 5.74) is -1.38. The zero-order valence-electron chi connectivity index (χ0n) is 14.2. The Morgan fingerprint density at radius 1 is 1.15 bits per heavy atom. The van der Waals surface area contributed by atoms with Crippen molar-refractivity contribution in [1.29, 1.82) is 0 Å². The molecule has 9 heteroatoms. The molecule has 1 fully saturated rings. The minimum absolute atomic E-state index is 0.0949. The van der Waals surface area contributed by atoms with Crippen molar-refractivity contribution in [2.75, 3.05) is 26.2 Å². The van der Waals surface area contributed by atoms with Crippen LogP contribution in [0.15, 0.2) is 35.0 Å². The minimum atomic E-state index is -1.38. The predicted molar refractivity (Wildman–Crippen MR) is 99.0 cm³/mol. The van der Waals surface area contributed by atoms with E-state index in [0.717, 1.165) is 4.90 Å². The summed E-state index contributed by atoms with van der Waals surface area (Å²) in [6.45, 7) is 2.57. The molecule has 0 atom stereocenters. The Kier molecular flexibility index (Phi) is 5.40. The Bertz CT molecular complexity index is 755. The van der Waals surface area contributed by atoms with Gasteiger partial charge in [0.25, 0.3) is 0 Å². The highest BCUT2D eigenvalue weighted by molar-refractivity contribution is 7.11. The predicted octanol–water partition coefficient (Wildman–Crippen LogP) is 1.45. The van der Waals surface area contributed by atoms with E-state index in [1.165, 1.54) is 27.6 Å². The number of thiophene rings is 2. The van der Waals surface area contributed by atoms with Crippen molar-refractivity contribution in [3.8, 4) is 0 Å². The monoisotopic (exact) mass is 393 g/mol. The van der Waals surface area contributed by atoms with Crippen LogP contribution in [0.1, 0.15) is 16.7 Å². The first-order valence-corrected chi connectivity index (χ1v) is 9.92. The van der Waals surface area contributed by atoms with Gasteiger partial charge in [-0.05, 0) is 29.8 Å². The highest BCUT2D eigenvalue weighted by Gasteiger charge is 2.38. The van der Waals surface area contributed by atoms with Crippen molar-refractivity contribution in [2.24, 2.45) is 0 Å². The summed E-state index contributed by atoms with van der Waals surface area (Å²) < 4.78 is 0. The summed E-state index contributed by atoms with van der Waals surface area (Å²) in [6.07, 6.45) is 0. The van der Waals surface area contributed by atoms with E-state index in [4.69, 9.17) is 0 Å². The Morgan fingerprint density at radius 2 is 1.77 bits per heavy atom. The standard InChI is InChI=1S/C17H19N3O4S2/c1-2-19-7-8-20(15(22)14(19)21)16(23)18-11-17(24,12-5-3-9-25-12)13-6-4-10-26-13/h3-6,9-10,24H,2,7-8,11H2,1H3,(H,18,23). The number of rotatable bonds is 5. The molecule has 3 rings (SSSR count). The number of nitrogens with zero attached hydrogens (tertiary/aromatic N) is 2. The molecule has 2 N–H and O–H groups in total. The number of nitrogens with one attached hydrogen (secondary N) is 1. The molecule has 26 heavy (non-hydrogen) atoms. The molecule has 3 heterocycles. The zero-order chi connectivity index (χ0) is 18.7. The van der Waals surface area contributed by atoms with Gasteiger partial charge < -0.3 is 15.3 Å². The summed E-state index contributed by atoms with van der Waals surface area (Å²) in [7, 11) is 0. The molecule has 2 aromatic rings. The van der Waals surface area contributed by atoms with Crippen molar-refractivity contribution in [1.82, 2.24) is 15.1 Å². The lowest BCUT2D eigenvalue weighted by atomic mass is 10.00.